The molecule has 3 aromatic rings. The molecule has 11 heteroatoms. The zero-order valence-electron chi connectivity index (χ0n) is 18.4. The number of amides is 1. The molecule has 0 saturated carbocycles. The molecule has 2 aromatic heterocycles. The molecular weight excluding hydrogens is 451 g/mol. The number of nitrogens with two attached hydrogens (primary N) is 1. The van der Waals surface area contributed by atoms with Gasteiger partial charge in [-0.05, 0) is 35.9 Å². The molecule has 0 aliphatic rings. The summed E-state index contributed by atoms with van der Waals surface area (Å²) in [6, 6.07) is 6.13. The van der Waals surface area contributed by atoms with Gasteiger partial charge in [0.05, 0.1) is 12.5 Å². The van der Waals surface area contributed by atoms with Gasteiger partial charge in [-0.1, -0.05) is 30.8 Å². The minimum absolute atomic E-state index is 0.0784. The van der Waals surface area contributed by atoms with Crippen molar-refractivity contribution in [3.05, 3.63) is 46.9 Å². The number of benzene rings is 1. The van der Waals surface area contributed by atoms with Gasteiger partial charge in [0.2, 0.25) is 11.7 Å². The number of ketones is 1. The van der Waals surface area contributed by atoms with E-state index >= 15 is 0 Å². The van der Waals surface area contributed by atoms with Crippen LogP contribution in [0.5, 0.6) is 5.88 Å². The van der Waals surface area contributed by atoms with E-state index in [-0.39, 0.29) is 24.7 Å². The van der Waals surface area contributed by atoms with Crippen molar-refractivity contribution >= 4 is 40.5 Å². The smallest absolute Gasteiger partial charge is 0.343 e. The number of hydrogen-bond donors (Lipinski definition) is 1. The number of fused-ring (bicyclic) bond motifs is 1. The lowest BCUT2D eigenvalue weighted by Crippen LogP contribution is -2.25. The third-order valence-corrected chi connectivity index (χ3v) is 5.53. The Hall–Kier alpha value is -3.47. The van der Waals surface area contributed by atoms with Gasteiger partial charge in [-0.3, -0.25) is 9.59 Å². The maximum Gasteiger partial charge on any atom is 0.343 e. The minimum atomic E-state index is -1.07. The lowest BCUT2D eigenvalue weighted by molar-refractivity contribution is -0.143. The number of carbonyl (C=O) groups is 3. The van der Waals surface area contributed by atoms with Gasteiger partial charge in [0.1, 0.15) is 11.5 Å². The van der Waals surface area contributed by atoms with Crippen LogP contribution in [0.3, 0.4) is 0 Å². The van der Waals surface area contributed by atoms with E-state index < -0.39 is 24.3 Å². The number of esters is 1. The predicted octanol–water partition coefficient (Wildman–Crippen LogP) is 2.05. The van der Waals surface area contributed by atoms with Gasteiger partial charge in [-0.25, -0.2) is 14.2 Å². The molecule has 0 unspecified atom stereocenters. The van der Waals surface area contributed by atoms with Crippen molar-refractivity contribution in [2.24, 2.45) is 5.73 Å². The molecular formula is C22H23FN4O5S. The standard InChI is InChI=1S/C22H23FN4O5S/c1-4-15-14(9-16(28)19(24)30)18-20(27(15)10-12-6-5-7-13(23)8-12)25-22(33-3)26-21(18)32-11-17(29)31-2/h5-8H,4,9-11H2,1-3H3,(H2,24,30). The third kappa shape index (κ3) is 5.30. The van der Waals surface area contributed by atoms with E-state index in [0.717, 1.165) is 0 Å². The van der Waals surface area contributed by atoms with Crippen LogP contribution in [0, 0.1) is 5.82 Å². The fraction of sp³-hybridized carbons (Fsp3) is 0.318. The summed E-state index contributed by atoms with van der Waals surface area (Å²) < 4.78 is 25.9. The second-order valence-corrected chi connectivity index (χ2v) is 7.81. The average Bonchev–Trinajstić information content (AvgIpc) is 3.09. The van der Waals surface area contributed by atoms with E-state index in [2.05, 4.69) is 14.7 Å². The lowest BCUT2D eigenvalue weighted by Gasteiger charge is -2.11. The van der Waals surface area contributed by atoms with Gasteiger partial charge in [-0.2, -0.15) is 4.98 Å². The molecule has 0 radical (unpaired) electrons. The molecule has 0 aliphatic carbocycles. The largest absolute Gasteiger partial charge is 0.466 e. The number of carbonyl (C=O) groups excluding carboxylic acids is 3. The van der Waals surface area contributed by atoms with Gasteiger partial charge < -0.3 is 19.8 Å². The monoisotopic (exact) mass is 474 g/mol. The predicted molar refractivity (Wildman–Crippen MR) is 120 cm³/mol. The Labute approximate surface area is 193 Å². The van der Waals surface area contributed by atoms with Crippen LogP contribution in [0.15, 0.2) is 29.4 Å². The number of rotatable bonds is 10. The molecule has 0 bridgehead atoms. The first kappa shape index (κ1) is 24.2. The molecule has 2 heterocycles. The van der Waals surface area contributed by atoms with E-state index in [1.807, 2.05) is 11.5 Å². The lowest BCUT2D eigenvalue weighted by atomic mass is 10.0. The number of hydrogen-bond acceptors (Lipinski definition) is 8. The van der Waals surface area contributed by atoms with Crippen molar-refractivity contribution in [1.82, 2.24) is 14.5 Å². The van der Waals surface area contributed by atoms with Crippen molar-refractivity contribution in [2.45, 2.75) is 31.5 Å². The van der Waals surface area contributed by atoms with Gasteiger partial charge in [-0.15, -0.1) is 0 Å². The number of primary amides is 1. The highest BCUT2D eigenvalue weighted by Gasteiger charge is 2.26. The van der Waals surface area contributed by atoms with Crippen LogP contribution < -0.4 is 10.5 Å². The van der Waals surface area contributed by atoms with E-state index in [9.17, 15) is 18.8 Å². The first-order chi connectivity index (χ1) is 15.8. The summed E-state index contributed by atoms with van der Waals surface area (Å²) in [6.07, 6.45) is 1.96. The van der Waals surface area contributed by atoms with Crippen molar-refractivity contribution < 1.29 is 28.2 Å². The minimum Gasteiger partial charge on any atom is -0.466 e. The van der Waals surface area contributed by atoms with Crippen molar-refractivity contribution in [3.63, 3.8) is 0 Å². The zero-order chi connectivity index (χ0) is 24.1. The quantitative estimate of drug-likeness (QED) is 0.205. The summed E-state index contributed by atoms with van der Waals surface area (Å²) in [5, 5.41) is 0.760. The number of aromatic nitrogens is 3. The van der Waals surface area contributed by atoms with Crippen molar-refractivity contribution in [1.29, 1.82) is 0 Å². The number of thioether (sulfide) groups is 1. The highest BCUT2D eigenvalue weighted by molar-refractivity contribution is 7.98. The van der Waals surface area contributed by atoms with Gasteiger partial charge in [0.15, 0.2) is 11.8 Å². The number of methoxy groups -OCH3 is 1. The first-order valence-corrected chi connectivity index (χ1v) is 11.2. The molecule has 0 spiro atoms. The molecule has 1 aromatic carbocycles. The van der Waals surface area contributed by atoms with Crippen LogP contribution >= 0.6 is 11.8 Å². The van der Waals surface area contributed by atoms with Crippen LogP contribution in [-0.4, -0.2) is 52.2 Å². The summed E-state index contributed by atoms with van der Waals surface area (Å²) in [6.45, 7) is 1.73. The van der Waals surface area contributed by atoms with Crippen molar-refractivity contribution in [2.75, 3.05) is 20.0 Å². The second kappa shape index (κ2) is 10.4. The molecule has 0 aliphatic heterocycles. The van der Waals surface area contributed by atoms with Crippen LogP contribution in [0.2, 0.25) is 0 Å². The Balaban J connectivity index is 2.28. The maximum atomic E-state index is 13.8. The van der Waals surface area contributed by atoms with Gasteiger partial charge >= 0.3 is 5.97 Å². The second-order valence-electron chi connectivity index (χ2n) is 7.04. The number of Topliss-reactive ketones (excluding diaryl/α,β-unsaturated/α-hetero) is 1. The molecule has 0 fully saturated rings. The highest BCUT2D eigenvalue weighted by atomic mass is 32.2. The normalized spacial score (nSPS) is 10.9. The Bertz CT molecular complexity index is 1230. The van der Waals surface area contributed by atoms with E-state index in [0.29, 0.717) is 39.4 Å². The Morgan fingerprint density at radius 3 is 2.61 bits per heavy atom. The number of halogens is 1. The molecule has 0 atom stereocenters. The van der Waals surface area contributed by atoms with E-state index in [1.165, 1.54) is 31.0 Å². The fourth-order valence-electron chi connectivity index (χ4n) is 3.52. The summed E-state index contributed by atoms with van der Waals surface area (Å²) in [4.78, 5) is 44.4. The summed E-state index contributed by atoms with van der Waals surface area (Å²) in [7, 11) is 1.23. The van der Waals surface area contributed by atoms with Crippen LogP contribution in [0.4, 0.5) is 4.39 Å². The highest BCUT2D eigenvalue weighted by Crippen LogP contribution is 2.35. The number of ether oxygens (including phenoxy) is 2. The Morgan fingerprint density at radius 1 is 1.24 bits per heavy atom. The molecule has 9 nitrogen and oxygen atoms in total. The Kier molecular flexibility index (Phi) is 7.64. The third-order valence-electron chi connectivity index (χ3n) is 4.98. The summed E-state index contributed by atoms with van der Waals surface area (Å²) in [5.41, 5.74) is 7.48. The number of nitrogens with zero attached hydrogens (tertiary/aromatic N) is 3. The van der Waals surface area contributed by atoms with E-state index in [1.54, 1.807) is 18.4 Å². The molecule has 0 saturated heterocycles. The summed E-state index contributed by atoms with van der Waals surface area (Å²) >= 11 is 1.26. The van der Waals surface area contributed by atoms with Crippen molar-refractivity contribution in [3.8, 4) is 5.88 Å². The molecule has 3 rings (SSSR count). The fourth-order valence-corrected chi connectivity index (χ4v) is 3.87. The SMILES string of the molecule is CCc1c(CC(=O)C(N)=O)c2c(OCC(=O)OC)nc(SC)nc2n1Cc1cccc(F)c1. The molecule has 1 amide bonds. The molecule has 174 valence electrons. The van der Waals surface area contributed by atoms with Gasteiger partial charge in [0, 0.05) is 18.7 Å². The van der Waals surface area contributed by atoms with Crippen LogP contribution in [-0.2, 0) is 38.5 Å². The molecule has 33 heavy (non-hydrogen) atoms. The Morgan fingerprint density at radius 2 is 2.00 bits per heavy atom. The topological polar surface area (TPSA) is 126 Å². The van der Waals surface area contributed by atoms with Gasteiger partial charge in [0.25, 0.3) is 5.91 Å². The molecule has 2 N–H and O–H groups in total. The summed E-state index contributed by atoms with van der Waals surface area (Å²) in [5.74, 6) is -2.77. The zero-order valence-corrected chi connectivity index (χ0v) is 19.2. The van der Waals surface area contributed by atoms with Crippen LogP contribution in [0.25, 0.3) is 11.0 Å². The average molecular weight is 475 g/mol. The maximum absolute atomic E-state index is 13.8. The first-order valence-electron chi connectivity index (χ1n) is 10.0. The van der Waals surface area contributed by atoms with E-state index in [4.69, 9.17) is 10.5 Å². The van der Waals surface area contributed by atoms with Crippen LogP contribution in [0.1, 0.15) is 23.7 Å².